The largest absolute Gasteiger partial charge is 0.361 e. The normalized spacial score (nSPS) is 11.9. The Morgan fingerprint density at radius 2 is 1.06 bits per heavy atom. The summed E-state index contributed by atoms with van der Waals surface area (Å²) in [5, 5.41) is 2.17. The van der Waals surface area contributed by atoms with Gasteiger partial charge in [0.25, 0.3) is 11.9 Å². The molecule has 0 amide bonds. The van der Waals surface area contributed by atoms with Gasteiger partial charge in [-0.2, -0.15) is 15.0 Å². The van der Waals surface area contributed by atoms with Gasteiger partial charge in [0.05, 0.1) is 0 Å². The van der Waals surface area contributed by atoms with E-state index in [1.54, 1.807) is 12.4 Å². The van der Waals surface area contributed by atoms with Crippen molar-refractivity contribution in [3.05, 3.63) is 102 Å². The third kappa shape index (κ3) is 3.86. The monoisotopic (exact) mass is 441 g/mol. The molecule has 0 saturated carbocycles. The zero-order chi connectivity index (χ0) is 22.7. The SMILES string of the molecule is C(=N\c1nc(/N=C/c2c[nH]c3ccccc23)nc(-c2ccccc2)n1)/c1c[nH]c2ccccc12. The summed E-state index contributed by atoms with van der Waals surface area (Å²) in [7, 11) is 0. The van der Waals surface area contributed by atoms with Crippen molar-refractivity contribution in [3.63, 3.8) is 0 Å². The summed E-state index contributed by atoms with van der Waals surface area (Å²) in [4.78, 5) is 29.2. The van der Waals surface area contributed by atoms with Crippen LogP contribution in [-0.4, -0.2) is 37.3 Å². The van der Waals surface area contributed by atoms with Crippen molar-refractivity contribution in [1.82, 2.24) is 24.9 Å². The topological polar surface area (TPSA) is 95.0 Å². The highest BCUT2D eigenvalue weighted by atomic mass is 15.2. The number of para-hydroxylation sites is 2. The number of rotatable bonds is 5. The molecule has 34 heavy (non-hydrogen) atoms. The molecule has 3 aromatic heterocycles. The lowest BCUT2D eigenvalue weighted by Gasteiger charge is -2.02. The number of hydrogen-bond acceptors (Lipinski definition) is 5. The lowest BCUT2D eigenvalue weighted by Crippen LogP contribution is -1.94. The number of nitrogens with zero attached hydrogens (tertiary/aromatic N) is 5. The first kappa shape index (κ1) is 19.8. The molecule has 6 rings (SSSR count). The van der Waals surface area contributed by atoms with Crippen LogP contribution in [0.1, 0.15) is 11.1 Å². The van der Waals surface area contributed by atoms with Crippen LogP contribution in [0.5, 0.6) is 0 Å². The summed E-state index contributed by atoms with van der Waals surface area (Å²) in [5.41, 5.74) is 4.89. The Labute approximate surface area is 195 Å². The van der Waals surface area contributed by atoms with Gasteiger partial charge in [-0.25, -0.2) is 9.98 Å². The lowest BCUT2D eigenvalue weighted by molar-refractivity contribution is 1.04. The van der Waals surface area contributed by atoms with Gasteiger partial charge in [0.1, 0.15) is 0 Å². The molecule has 0 aliphatic heterocycles. The molecule has 0 aliphatic carbocycles. The van der Waals surface area contributed by atoms with E-state index in [1.807, 2.05) is 91.3 Å². The quantitative estimate of drug-likeness (QED) is 0.321. The van der Waals surface area contributed by atoms with Gasteiger partial charge < -0.3 is 9.97 Å². The summed E-state index contributed by atoms with van der Waals surface area (Å²) in [5.74, 6) is 1.11. The van der Waals surface area contributed by atoms with Crippen LogP contribution in [0, 0.1) is 0 Å². The van der Waals surface area contributed by atoms with E-state index in [9.17, 15) is 0 Å². The van der Waals surface area contributed by atoms with Gasteiger partial charge in [-0.05, 0) is 12.1 Å². The first-order chi connectivity index (χ1) is 16.8. The fourth-order valence-corrected chi connectivity index (χ4v) is 3.84. The van der Waals surface area contributed by atoms with E-state index < -0.39 is 0 Å². The summed E-state index contributed by atoms with van der Waals surface area (Å²) in [6, 6.07) is 25.9. The van der Waals surface area contributed by atoms with Gasteiger partial charge in [0, 0.05) is 63.3 Å². The zero-order valence-electron chi connectivity index (χ0n) is 18.1. The molecule has 3 aromatic carbocycles. The van der Waals surface area contributed by atoms with Crippen LogP contribution < -0.4 is 0 Å². The summed E-state index contributed by atoms with van der Waals surface area (Å²) in [6.07, 6.45) is 7.36. The van der Waals surface area contributed by atoms with Gasteiger partial charge in [0.15, 0.2) is 5.82 Å². The van der Waals surface area contributed by atoms with E-state index >= 15 is 0 Å². The van der Waals surface area contributed by atoms with Crippen LogP contribution in [0.2, 0.25) is 0 Å². The highest BCUT2D eigenvalue weighted by Crippen LogP contribution is 2.22. The molecule has 3 heterocycles. The summed E-state index contributed by atoms with van der Waals surface area (Å²) < 4.78 is 0. The number of hydrogen-bond donors (Lipinski definition) is 2. The molecule has 7 heteroatoms. The minimum Gasteiger partial charge on any atom is -0.361 e. The maximum absolute atomic E-state index is 4.57. The molecule has 6 aromatic rings. The van der Waals surface area contributed by atoms with E-state index in [1.165, 1.54) is 0 Å². The van der Waals surface area contributed by atoms with Crippen molar-refractivity contribution < 1.29 is 0 Å². The minimum atomic E-state index is 0.296. The molecular formula is C27H19N7. The smallest absolute Gasteiger partial charge is 0.254 e. The fraction of sp³-hybridized carbons (Fsp3) is 0. The van der Waals surface area contributed by atoms with Crippen LogP contribution in [0.4, 0.5) is 11.9 Å². The van der Waals surface area contributed by atoms with Gasteiger partial charge in [-0.3, -0.25) is 0 Å². The van der Waals surface area contributed by atoms with Crippen molar-refractivity contribution in [2.75, 3.05) is 0 Å². The Morgan fingerprint density at radius 3 is 1.62 bits per heavy atom. The molecule has 0 saturated heterocycles. The molecule has 0 fully saturated rings. The Bertz CT molecular complexity index is 1560. The number of fused-ring (bicyclic) bond motifs is 2. The first-order valence-electron chi connectivity index (χ1n) is 10.9. The van der Waals surface area contributed by atoms with E-state index in [4.69, 9.17) is 0 Å². The van der Waals surface area contributed by atoms with E-state index in [0.717, 1.165) is 38.5 Å². The maximum atomic E-state index is 4.57. The zero-order valence-corrected chi connectivity index (χ0v) is 18.1. The van der Waals surface area contributed by atoms with Gasteiger partial charge in [-0.1, -0.05) is 66.7 Å². The average Bonchev–Trinajstić information content (AvgIpc) is 3.51. The molecule has 0 aliphatic rings. The molecule has 7 nitrogen and oxygen atoms in total. The number of nitrogens with one attached hydrogen (secondary N) is 2. The van der Waals surface area contributed by atoms with Crippen molar-refractivity contribution in [3.8, 4) is 11.4 Å². The van der Waals surface area contributed by atoms with Crippen LogP contribution >= 0.6 is 0 Å². The van der Waals surface area contributed by atoms with Crippen molar-refractivity contribution in [2.45, 2.75) is 0 Å². The molecule has 162 valence electrons. The molecule has 0 bridgehead atoms. The van der Waals surface area contributed by atoms with Crippen LogP contribution in [-0.2, 0) is 0 Å². The summed E-state index contributed by atoms with van der Waals surface area (Å²) >= 11 is 0. The van der Waals surface area contributed by atoms with Gasteiger partial charge in [-0.15, -0.1) is 0 Å². The van der Waals surface area contributed by atoms with Crippen LogP contribution in [0.15, 0.2) is 101 Å². The minimum absolute atomic E-state index is 0.296. The highest BCUT2D eigenvalue weighted by Gasteiger charge is 2.08. The second kappa shape index (κ2) is 8.55. The van der Waals surface area contributed by atoms with Gasteiger partial charge in [0.2, 0.25) is 0 Å². The number of benzene rings is 3. The third-order valence-corrected chi connectivity index (χ3v) is 5.52. The van der Waals surface area contributed by atoms with E-state index in [2.05, 4.69) is 34.9 Å². The standard InChI is InChI=1S/C27H19N7/c1-2-8-18(9-3-1)25-32-26(30-16-19-14-28-23-12-6-4-10-21(19)23)34-27(33-25)31-17-20-15-29-24-13-7-5-11-22(20)24/h1-17,28-29H/b30-16+,31-17+. The molecule has 0 atom stereocenters. The number of H-pyrrole nitrogens is 2. The predicted octanol–water partition coefficient (Wildman–Crippen LogP) is 6.00. The molecule has 2 N–H and O–H groups in total. The second-order valence-electron chi connectivity index (χ2n) is 7.72. The van der Waals surface area contributed by atoms with Crippen molar-refractivity contribution in [1.29, 1.82) is 0 Å². The molecule has 0 radical (unpaired) electrons. The van der Waals surface area contributed by atoms with Crippen LogP contribution in [0.3, 0.4) is 0 Å². The second-order valence-corrected chi connectivity index (χ2v) is 7.72. The Hall–Kier alpha value is -4.91. The number of aromatic nitrogens is 5. The maximum Gasteiger partial charge on any atom is 0.254 e. The first-order valence-corrected chi connectivity index (χ1v) is 10.9. The molecule has 0 unspecified atom stereocenters. The van der Waals surface area contributed by atoms with E-state index in [-0.39, 0.29) is 0 Å². The number of aliphatic imine (C=N–C) groups is 2. The van der Waals surface area contributed by atoms with Crippen molar-refractivity contribution in [2.24, 2.45) is 9.98 Å². The molecule has 0 spiro atoms. The average molecular weight is 441 g/mol. The Morgan fingerprint density at radius 1 is 0.559 bits per heavy atom. The third-order valence-electron chi connectivity index (χ3n) is 5.52. The highest BCUT2D eigenvalue weighted by molar-refractivity contribution is 6.00. The predicted molar refractivity (Wildman–Crippen MR) is 136 cm³/mol. The van der Waals surface area contributed by atoms with E-state index in [0.29, 0.717) is 17.7 Å². The number of aromatic amines is 2. The summed E-state index contributed by atoms with van der Waals surface area (Å²) in [6.45, 7) is 0. The van der Waals surface area contributed by atoms with Gasteiger partial charge >= 0.3 is 0 Å². The fourth-order valence-electron chi connectivity index (χ4n) is 3.84. The Kier molecular flexibility index (Phi) is 4.97. The molecular weight excluding hydrogens is 422 g/mol. The van der Waals surface area contributed by atoms with Crippen LogP contribution in [0.25, 0.3) is 33.2 Å². The van der Waals surface area contributed by atoms with Crippen molar-refractivity contribution >= 4 is 46.1 Å². The Balaban J connectivity index is 1.39. The lowest BCUT2D eigenvalue weighted by atomic mass is 10.2.